The van der Waals surface area contributed by atoms with Crippen LogP contribution in [0.4, 0.5) is 0 Å². The smallest absolute Gasteiger partial charge is 0.116 e. The Hall–Kier alpha value is -1.11. The van der Waals surface area contributed by atoms with Crippen molar-refractivity contribution in [3.05, 3.63) is 43.0 Å². The van der Waals surface area contributed by atoms with Gasteiger partial charge in [-0.05, 0) is 24.3 Å². The van der Waals surface area contributed by atoms with E-state index < -0.39 is 0 Å². The van der Waals surface area contributed by atoms with Crippen LogP contribution in [0.3, 0.4) is 0 Å². The molecule has 0 aliphatic carbocycles. The molecule has 0 amide bonds. The number of nitrogens with one attached hydrogen (secondary N) is 1. The molecule has 0 saturated heterocycles. The number of hydrogen-bond acceptors (Lipinski definition) is 3. The zero-order chi connectivity index (χ0) is 11.2. The zero-order valence-corrected chi connectivity index (χ0v) is 12.5. The quantitative estimate of drug-likeness (QED) is 0.491. The number of aromatic nitrogens is 4. The Morgan fingerprint density at radius 1 is 0.833 bits per heavy atom. The molecule has 3 heterocycles. The Morgan fingerprint density at radius 3 is 2.50 bits per heavy atom. The Bertz CT molecular complexity index is 783. The molecule has 0 aliphatic rings. The summed E-state index contributed by atoms with van der Waals surface area (Å²) in [5, 5.41) is 2.10. The summed E-state index contributed by atoms with van der Waals surface area (Å²) in [5.41, 5.74) is 3.80. The van der Waals surface area contributed by atoms with E-state index >= 15 is 0 Å². The average Bonchev–Trinajstić information content (AvgIpc) is 2.89. The Morgan fingerprint density at radius 2 is 1.61 bits per heavy atom. The summed E-state index contributed by atoms with van der Waals surface area (Å²) >= 11 is 0. The number of benzene rings is 1. The zero-order valence-electron chi connectivity index (χ0n) is 9.38. The maximum absolute atomic E-state index is 4.44. The monoisotopic (exact) mass is 360 g/mol. The predicted molar refractivity (Wildman–Crippen MR) is 66.7 cm³/mol. The van der Waals surface area contributed by atoms with Crippen molar-refractivity contribution < 1.29 is 41.7 Å². The van der Waals surface area contributed by atoms with Gasteiger partial charge >= 0.3 is 0 Å². The van der Waals surface area contributed by atoms with E-state index in [1.807, 2.05) is 30.5 Å². The minimum absolute atomic E-state index is 0. The molecule has 0 fully saturated rings. The molecule has 1 N–H and O–H groups in total. The minimum atomic E-state index is 0. The van der Waals surface area contributed by atoms with Crippen molar-refractivity contribution in [3.8, 4) is 0 Å². The van der Waals surface area contributed by atoms with Gasteiger partial charge in [0.05, 0.1) is 11.0 Å². The molecular weight excluding hydrogens is 352 g/mol. The van der Waals surface area contributed by atoms with Crippen LogP contribution in [0.2, 0.25) is 0 Å². The molecule has 4 rings (SSSR count). The number of H-pyrrole nitrogens is 1. The first kappa shape index (κ1) is 11.9. The number of aromatic amines is 1. The van der Waals surface area contributed by atoms with Crippen molar-refractivity contribution in [2.24, 2.45) is 0 Å². The molecule has 4 nitrogen and oxygen atoms in total. The van der Waals surface area contributed by atoms with Crippen LogP contribution in [0.15, 0.2) is 43.0 Å². The Labute approximate surface area is 136 Å². The number of imidazole rings is 1. The van der Waals surface area contributed by atoms with Gasteiger partial charge in [-0.1, -0.05) is 0 Å². The average molecular weight is 360 g/mol. The molecule has 5 heteroatoms. The molecule has 1 aromatic carbocycles. The number of nitrogens with zero attached hydrogens (tertiary/aromatic N) is 3. The van der Waals surface area contributed by atoms with Crippen LogP contribution >= 0.6 is 0 Å². The van der Waals surface area contributed by atoms with Crippen molar-refractivity contribution in [1.82, 2.24) is 19.9 Å². The summed E-state index contributed by atoms with van der Waals surface area (Å²) in [7, 11) is 0. The standard InChI is InChI=1S/C13H8N4.Ce/c1-3-8-10(14-5-1)11-9(4-2-6-15-11)13-12(8)16-7-17-13;/h1-7,14H;. The molecule has 0 spiro atoms. The Balaban J connectivity index is 0.000001000. The minimum Gasteiger partial charge on any atom is -0.359 e. The largest absolute Gasteiger partial charge is 0.359 e. The second kappa shape index (κ2) is 4.53. The molecule has 0 radical (unpaired) electrons. The third-order valence-corrected chi connectivity index (χ3v) is 3.01. The van der Waals surface area contributed by atoms with Crippen molar-refractivity contribution in [2.75, 3.05) is 0 Å². The summed E-state index contributed by atoms with van der Waals surface area (Å²) in [6.07, 6.45) is 5.30. The normalized spacial score (nSPS) is 10.9. The van der Waals surface area contributed by atoms with Crippen LogP contribution < -0.4 is 0 Å². The van der Waals surface area contributed by atoms with Crippen LogP contribution in [0.5, 0.6) is 0 Å². The fourth-order valence-electron chi connectivity index (χ4n) is 2.29. The van der Waals surface area contributed by atoms with E-state index in [1.54, 1.807) is 12.5 Å². The number of rotatable bonds is 0. The molecule has 0 aliphatic heterocycles. The molecule has 0 saturated carbocycles. The van der Waals surface area contributed by atoms with Gasteiger partial charge in [-0.3, -0.25) is 4.98 Å². The van der Waals surface area contributed by atoms with Crippen LogP contribution in [0.25, 0.3) is 32.8 Å². The summed E-state index contributed by atoms with van der Waals surface area (Å²) in [6, 6.07) is 7.95. The van der Waals surface area contributed by atoms with Gasteiger partial charge in [0.1, 0.15) is 17.4 Å². The summed E-state index contributed by atoms with van der Waals surface area (Å²) in [4.78, 5) is 16.4. The van der Waals surface area contributed by atoms with Crippen molar-refractivity contribution in [2.45, 2.75) is 0 Å². The fraction of sp³-hybridized carbons (Fsp3) is 0. The van der Waals surface area contributed by atoms with Crippen LogP contribution in [-0.4, -0.2) is 19.9 Å². The van der Waals surface area contributed by atoms with Gasteiger partial charge in [0, 0.05) is 64.9 Å². The SMILES string of the molecule is [Ce].c1cnc2c(c1)c1ncnc1c1ccc[nH]c12. The second-order valence-corrected chi connectivity index (χ2v) is 3.93. The molecule has 0 bridgehead atoms. The third kappa shape index (κ3) is 1.56. The van der Waals surface area contributed by atoms with E-state index in [4.69, 9.17) is 0 Å². The molecule has 0 unspecified atom stereocenters. The Kier molecular flexibility index (Phi) is 3.01. The molecule has 84 valence electrons. The number of pyridine rings is 2. The second-order valence-electron chi connectivity index (χ2n) is 3.93. The molecule has 4 aromatic rings. The van der Waals surface area contributed by atoms with E-state index in [0.29, 0.717) is 0 Å². The maximum Gasteiger partial charge on any atom is 0.116 e. The summed E-state index contributed by atoms with van der Waals surface area (Å²) in [5.74, 6) is 0. The van der Waals surface area contributed by atoms with E-state index in [-0.39, 0.29) is 41.7 Å². The maximum atomic E-state index is 4.44. The summed E-state index contributed by atoms with van der Waals surface area (Å²) < 4.78 is 0. The topological polar surface area (TPSA) is 54.5 Å². The van der Waals surface area contributed by atoms with Crippen LogP contribution in [-0.2, 0) is 0 Å². The van der Waals surface area contributed by atoms with Gasteiger partial charge in [0.15, 0.2) is 0 Å². The van der Waals surface area contributed by atoms with Crippen molar-refractivity contribution in [3.63, 3.8) is 0 Å². The van der Waals surface area contributed by atoms with Gasteiger partial charge < -0.3 is 4.98 Å². The fourth-order valence-corrected chi connectivity index (χ4v) is 2.29. The molecular formula is C13H8CeN4. The van der Waals surface area contributed by atoms with Gasteiger partial charge in [0.2, 0.25) is 0 Å². The van der Waals surface area contributed by atoms with E-state index in [2.05, 4.69) is 19.9 Å². The van der Waals surface area contributed by atoms with Crippen LogP contribution in [0, 0.1) is 41.7 Å². The van der Waals surface area contributed by atoms with E-state index in [0.717, 1.165) is 32.8 Å². The first-order valence-corrected chi connectivity index (χ1v) is 5.39. The van der Waals surface area contributed by atoms with Gasteiger partial charge in [-0.2, -0.15) is 0 Å². The van der Waals surface area contributed by atoms with Gasteiger partial charge in [-0.15, -0.1) is 0 Å². The summed E-state index contributed by atoms with van der Waals surface area (Å²) in [6.45, 7) is 0. The predicted octanol–water partition coefficient (Wildman–Crippen LogP) is 2.66. The molecule has 18 heavy (non-hydrogen) atoms. The first-order chi connectivity index (χ1) is 8.45. The van der Waals surface area contributed by atoms with Crippen molar-refractivity contribution >= 4 is 32.8 Å². The number of hydrogen-bond donors (Lipinski definition) is 1. The molecule has 0 atom stereocenters. The van der Waals surface area contributed by atoms with E-state index in [1.165, 1.54) is 0 Å². The van der Waals surface area contributed by atoms with Crippen LogP contribution in [0.1, 0.15) is 0 Å². The number of fused-ring (bicyclic) bond motifs is 6. The first-order valence-electron chi connectivity index (χ1n) is 5.39. The van der Waals surface area contributed by atoms with Gasteiger partial charge in [-0.25, -0.2) is 9.97 Å². The third-order valence-electron chi connectivity index (χ3n) is 3.01. The molecule has 3 aromatic heterocycles. The van der Waals surface area contributed by atoms with Gasteiger partial charge in [0.25, 0.3) is 0 Å². The van der Waals surface area contributed by atoms with E-state index in [9.17, 15) is 0 Å². The van der Waals surface area contributed by atoms with Crippen molar-refractivity contribution in [1.29, 1.82) is 0 Å².